The Kier molecular flexibility index (Phi) is 5.24. The molecular formula is C17H17N3O6S2. The minimum atomic E-state index is -3.78. The largest absolute Gasteiger partial charge is 0.348 e. The van der Waals surface area contributed by atoms with Crippen LogP contribution in [0.15, 0.2) is 53.4 Å². The second-order valence-electron chi connectivity index (χ2n) is 6.14. The molecule has 0 radical (unpaired) electrons. The topological polar surface area (TPSA) is 144 Å². The second-order valence-corrected chi connectivity index (χ2v) is 9.64. The molecule has 2 aromatic carbocycles. The minimum absolute atomic E-state index is 0.0235. The van der Waals surface area contributed by atoms with Gasteiger partial charge in [-0.3, -0.25) is 9.59 Å². The number of carbonyl (C=O) groups is 2. The fourth-order valence-corrected chi connectivity index (χ4v) is 4.67. The molecule has 28 heavy (non-hydrogen) atoms. The molecule has 0 aliphatic carbocycles. The van der Waals surface area contributed by atoms with Gasteiger partial charge in [-0.15, -0.1) is 0 Å². The van der Waals surface area contributed by atoms with Crippen LogP contribution in [0.25, 0.3) is 0 Å². The van der Waals surface area contributed by atoms with Gasteiger partial charge >= 0.3 is 0 Å². The molecule has 0 bridgehead atoms. The molecule has 0 spiro atoms. The van der Waals surface area contributed by atoms with E-state index in [1.165, 1.54) is 48.5 Å². The molecule has 0 atom stereocenters. The van der Waals surface area contributed by atoms with Crippen LogP contribution in [0.4, 0.5) is 5.69 Å². The summed E-state index contributed by atoms with van der Waals surface area (Å²) in [6, 6.07) is 11.4. The van der Waals surface area contributed by atoms with Gasteiger partial charge in [0.25, 0.3) is 5.91 Å². The maximum atomic E-state index is 12.2. The van der Waals surface area contributed by atoms with Gasteiger partial charge in [-0.25, -0.2) is 26.3 Å². The third kappa shape index (κ3) is 4.21. The summed E-state index contributed by atoms with van der Waals surface area (Å²) < 4.78 is 47.0. The number of benzene rings is 2. The molecule has 1 aliphatic heterocycles. The Morgan fingerprint density at radius 1 is 1.07 bits per heavy atom. The fraction of sp³-hybridized carbons (Fsp3) is 0.176. The predicted octanol–water partition coefficient (Wildman–Crippen LogP) is 0.330. The zero-order valence-corrected chi connectivity index (χ0v) is 16.2. The number of carbonyl (C=O) groups excluding carboxylic acids is 2. The monoisotopic (exact) mass is 423 g/mol. The van der Waals surface area contributed by atoms with Gasteiger partial charge in [0, 0.05) is 18.5 Å². The molecule has 1 heterocycles. The van der Waals surface area contributed by atoms with Gasteiger partial charge in [0.15, 0.2) is 0 Å². The first-order valence-corrected chi connectivity index (χ1v) is 11.3. The third-order valence-corrected chi connectivity index (χ3v) is 6.77. The summed E-state index contributed by atoms with van der Waals surface area (Å²) in [6.07, 6.45) is -0.0607. The first-order chi connectivity index (χ1) is 13.1. The van der Waals surface area contributed by atoms with Crippen LogP contribution in [0, 0.1) is 0 Å². The summed E-state index contributed by atoms with van der Waals surface area (Å²) in [4.78, 5) is 24.0. The molecule has 0 unspecified atom stereocenters. The predicted molar refractivity (Wildman–Crippen MR) is 101 cm³/mol. The molecule has 1 saturated heterocycles. The number of nitrogens with two attached hydrogens (primary N) is 1. The van der Waals surface area contributed by atoms with Gasteiger partial charge in [-0.1, -0.05) is 12.1 Å². The Morgan fingerprint density at radius 2 is 1.68 bits per heavy atom. The first kappa shape index (κ1) is 20.0. The van der Waals surface area contributed by atoms with Crippen molar-refractivity contribution in [3.63, 3.8) is 0 Å². The molecule has 148 valence electrons. The molecule has 3 rings (SSSR count). The number of amides is 2. The number of rotatable bonds is 5. The molecule has 11 heteroatoms. The van der Waals surface area contributed by atoms with Gasteiger partial charge in [-0.05, 0) is 42.0 Å². The highest BCUT2D eigenvalue weighted by Crippen LogP contribution is 2.25. The number of anilines is 1. The van der Waals surface area contributed by atoms with Crippen molar-refractivity contribution in [2.75, 3.05) is 10.1 Å². The van der Waals surface area contributed by atoms with E-state index in [4.69, 9.17) is 5.14 Å². The number of nitrogens with one attached hydrogen (secondary N) is 1. The molecule has 2 amide bonds. The van der Waals surface area contributed by atoms with E-state index in [1.807, 2.05) is 0 Å². The van der Waals surface area contributed by atoms with E-state index in [1.54, 1.807) is 0 Å². The average molecular weight is 423 g/mol. The molecule has 3 N–H and O–H groups in total. The number of hydrogen-bond donors (Lipinski definition) is 2. The average Bonchev–Trinajstić information content (AvgIpc) is 2.92. The van der Waals surface area contributed by atoms with Gasteiger partial charge in [0.2, 0.25) is 26.0 Å². The maximum absolute atomic E-state index is 12.2. The van der Waals surface area contributed by atoms with Gasteiger partial charge in [0.1, 0.15) is 0 Å². The summed E-state index contributed by atoms with van der Waals surface area (Å²) in [6.45, 7) is 0.157. The molecular weight excluding hydrogens is 406 g/mol. The Hall–Kier alpha value is -2.76. The van der Waals surface area contributed by atoms with Crippen LogP contribution in [0.2, 0.25) is 0 Å². The van der Waals surface area contributed by atoms with Crippen LogP contribution in [-0.2, 0) is 31.4 Å². The molecule has 1 aliphatic rings. The van der Waals surface area contributed by atoms with Crippen LogP contribution < -0.4 is 14.8 Å². The second kappa shape index (κ2) is 7.34. The zero-order valence-electron chi connectivity index (χ0n) is 14.5. The molecule has 1 fully saturated rings. The van der Waals surface area contributed by atoms with E-state index in [2.05, 4.69) is 5.32 Å². The highest BCUT2D eigenvalue weighted by Gasteiger charge is 2.36. The standard InChI is InChI=1S/C17H17N3O6S2/c18-28(25,26)15-7-1-12(2-8-15)11-19-17(22)13-3-5-14(6-4-13)20-16(21)9-10-27(20,23)24/h1-8H,9-11H2,(H,19,22)(H2,18,25,26). The maximum Gasteiger partial charge on any atom is 0.251 e. The Balaban J connectivity index is 1.66. The highest BCUT2D eigenvalue weighted by molar-refractivity contribution is 7.94. The minimum Gasteiger partial charge on any atom is -0.348 e. The molecule has 0 aromatic heterocycles. The van der Waals surface area contributed by atoms with Crippen molar-refractivity contribution in [1.29, 1.82) is 0 Å². The highest BCUT2D eigenvalue weighted by atomic mass is 32.2. The van der Waals surface area contributed by atoms with Gasteiger partial charge in [-0.2, -0.15) is 0 Å². The van der Waals surface area contributed by atoms with Crippen LogP contribution >= 0.6 is 0 Å². The van der Waals surface area contributed by atoms with E-state index >= 15 is 0 Å². The van der Waals surface area contributed by atoms with E-state index < -0.39 is 31.9 Å². The molecule has 0 saturated carbocycles. The van der Waals surface area contributed by atoms with Crippen molar-refractivity contribution in [1.82, 2.24) is 5.32 Å². The van der Waals surface area contributed by atoms with Crippen molar-refractivity contribution in [3.8, 4) is 0 Å². The van der Waals surface area contributed by atoms with Gasteiger partial charge < -0.3 is 5.32 Å². The van der Waals surface area contributed by atoms with Crippen LogP contribution in [0.3, 0.4) is 0 Å². The lowest BCUT2D eigenvalue weighted by Crippen LogP contribution is -2.29. The summed E-state index contributed by atoms with van der Waals surface area (Å²) in [7, 11) is -7.43. The number of nitrogens with zero attached hydrogens (tertiary/aromatic N) is 1. The number of sulfonamides is 2. The Morgan fingerprint density at radius 3 is 2.18 bits per heavy atom. The van der Waals surface area contributed by atoms with E-state index in [9.17, 15) is 26.4 Å². The SMILES string of the molecule is NS(=O)(=O)c1ccc(CNC(=O)c2ccc(N3C(=O)CCS3(=O)=O)cc2)cc1. The van der Waals surface area contributed by atoms with Crippen molar-refractivity contribution in [2.45, 2.75) is 17.9 Å². The quantitative estimate of drug-likeness (QED) is 0.709. The van der Waals surface area contributed by atoms with Crippen LogP contribution in [-0.4, -0.2) is 34.4 Å². The van der Waals surface area contributed by atoms with Crippen LogP contribution in [0.1, 0.15) is 22.3 Å². The normalized spacial score (nSPS) is 16.2. The zero-order chi connectivity index (χ0) is 20.5. The number of hydrogen-bond acceptors (Lipinski definition) is 6. The van der Waals surface area contributed by atoms with Crippen molar-refractivity contribution in [3.05, 3.63) is 59.7 Å². The first-order valence-electron chi connectivity index (χ1n) is 8.14. The van der Waals surface area contributed by atoms with Crippen molar-refractivity contribution >= 4 is 37.5 Å². The lowest BCUT2D eigenvalue weighted by Gasteiger charge is -2.15. The Bertz CT molecular complexity index is 1120. The van der Waals surface area contributed by atoms with E-state index in [0.29, 0.717) is 5.56 Å². The summed E-state index contributed by atoms with van der Waals surface area (Å²) >= 11 is 0. The summed E-state index contributed by atoms with van der Waals surface area (Å²) in [5, 5.41) is 7.70. The van der Waals surface area contributed by atoms with E-state index in [0.717, 1.165) is 4.31 Å². The fourth-order valence-electron chi connectivity index (χ4n) is 2.70. The van der Waals surface area contributed by atoms with Crippen LogP contribution in [0.5, 0.6) is 0 Å². The summed E-state index contributed by atoms with van der Waals surface area (Å²) in [5.74, 6) is -1.13. The van der Waals surface area contributed by atoms with Gasteiger partial charge in [0.05, 0.1) is 16.3 Å². The van der Waals surface area contributed by atoms with Crippen molar-refractivity contribution in [2.24, 2.45) is 5.14 Å². The lowest BCUT2D eigenvalue weighted by molar-refractivity contribution is -0.116. The smallest absolute Gasteiger partial charge is 0.251 e. The third-order valence-electron chi connectivity index (χ3n) is 4.15. The van der Waals surface area contributed by atoms with Crippen molar-refractivity contribution < 1.29 is 26.4 Å². The molecule has 2 aromatic rings. The number of primary sulfonamides is 1. The van der Waals surface area contributed by atoms with E-state index in [-0.39, 0.29) is 34.9 Å². The summed E-state index contributed by atoms with van der Waals surface area (Å²) in [5.41, 5.74) is 1.15. The molecule has 9 nitrogen and oxygen atoms in total. The lowest BCUT2D eigenvalue weighted by atomic mass is 10.1. The Labute approximate surface area is 162 Å².